The number of fused-ring (bicyclic) bond motifs is 1. The third-order valence-corrected chi connectivity index (χ3v) is 5.19. The molecule has 0 aromatic carbocycles. The molecule has 0 bridgehead atoms. The summed E-state index contributed by atoms with van der Waals surface area (Å²) in [4.78, 5) is 14.1. The van der Waals surface area contributed by atoms with Crippen molar-refractivity contribution in [1.82, 2.24) is 9.97 Å². The van der Waals surface area contributed by atoms with Gasteiger partial charge in [-0.05, 0) is 29.8 Å². The molecule has 1 aliphatic heterocycles. The molecule has 154 valence electrons. The Morgan fingerprint density at radius 1 is 1.45 bits per heavy atom. The number of ether oxygens (including phenoxy) is 1. The molecule has 7 nitrogen and oxygen atoms in total. The van der Waals surface area contributed by atoms with Gasteiger partial charge in [-0.25, -0.2) is 0 Å². The van der Waals surface area contributed by atoms with Crippen LogP contribution in [0.3, 0.4) is 0 Å². The van der Waals surface area contributed by atoms with Gasteiger partial charge in [-0.15, -0.1) is 0 Å². The van der Waals surface area contributed by atoms with Gasteiger partial charge in [0.25, 0.3) is 0 Å². The number of H-pyrrole nitrogens is 1. The minimum absolute atomic E-state index is 0.0123. The number of likely N-dealkylation sites (N-methyl/N-ethyl adjacent to an activating group) is 1. The number of aromatic nitrogens is 2. The highest BCUT2D eigenvalue weighted by atomic mass is 16.5. The van der Waals surface area contributed by atoms with Crippen molar-refractivity contribution in [2.75, 3.05) is 38.0 Å². The van der Waals surface area contributed by atoms with Gasteiger partial charge in [-0.2, -0.15) is 0 Å². The van der Waals surface area contributed by atoms with Crippen molar-refractivity contribution in [1.29, 1.82) is 0 Å². The van der Waals surface area contributed by atoms with E-state index in [4.69, 9.17) is 10.5 Å². The van der Waals surface area contributed by atoms with Crippen LogP contribution in [0.1, 0.15) is 30.7 Å². The molecule has 1 atom stereocenters. The van der Waals surface area contributed by atoms with Crippen LogP contribution in [0.2, 0.25) is 0 Å². The molecule has 29 heavy (non-hydrogen) atoms. The number of methoxy groups -OCH3 is 1. The summed E-state index contributed by atoms with van der Waals surface area (Å²) < 4.78 is 5.35. The highest BCUT2D eigenvalue weighted by Crippen LogP contribution is 2.30. The summed E-state index contributed by atoms with van der Waals surface area (Å²) in [6.07, 6.45) is 11.3. The van der Waals surface area contributed by atoms with Gasteiger partial charge in [-0.3, -0.25) is 9.98 Å². The second-order valence-corrected chi connectivity index (χ2v) is 7.82. The van der Waals surface area contributed by atoms with Crippen LogP contribution in [0, 0.1) is 0 Å². The topological polar surface area (TPSA) is 91.6 Å². The van der Waals surface area contributed by atoms with E-state index in [2.05, 4.69) is 57.2 Å². The molecule has 1 unspecified atom stereocenters. The Balaban J connectivity index is 1.81. The largest absolute Gasteiger partial charge is 0.404 e. The Bertz CT molecular complexity index is 941. The van der Waals surface area contributed by atoms with E-state index in [1.807, 2.05) is 25.5 Å². The van der Waals surface area contributed by atoms with Crippen LogP contribution < -0.4 is 16.0 Å². The standard InChI is InChI=1S/C22H30N6O/c1-22(2,14-29-5)17-9-20(26-13-17)27-21-7-6-18-19(28(21)4)8-15(12-25-18)16(10-23)11-24-3/h6-13,21,26-27H,14,23H2,1-5H3. The Labute approximate surface area is 172 Å². The van der Waals surface area contributed by atoms with Gasteiger partial charge in [0, 0.05) is 62.6 Å². The molecular weight excluding hydrogens is 364 g/mol. The highest BCUT2D eigenvalue weighted by molar-refractivity contribution is 6.09. The molecule has 7 heteroatoms. The van der Waals surface area contributed by atoms with Gasteiger partial charge in [0.2, 0.25) is 0 Å². The molecule has 0 saturated carbocycles. The van der Waals surface area contributed by atoms with Crippen molar-refractivity contribution in [3.63, 3.8) is 0 Å². The van der Waals surface area contributed by atoms with Crippen LogP contribution in [0.4, 0.5) is 11.5 Å². The Kier molecular flexibility index (Phi) is 6.08. The number of nitrogens with one attached hydrogen (secondary N) is 2. The third-order valence-electron chi connectivity index (χ3n) is 5.19. The maximum Gasteiger partial charge on any atom is 0.120 e. The summed E-state index contributed by atoms with van der Waals surface area (Å²) in [5, 5.41) is 3.54. The number of aliphatic imine (C=N–C) groups is 1. The van der Waals surface area contributed by atoms with Gasteiger partial charge in [-0.1, -0.05) is 13.8 Å². The number of nitrogens with zero attached hydrogens (tertiary/aromatic N) is 3. The number of rotatable bonds is 7. The number of allylic oxidation sites excluding steroid dienone is 1. The number of anilines is 2. The fourth-order valence-corrected chi connectivity index (χ4v) is 3.46. The van der Waals surface area contributed by atoms with Gasteiger partial charge in [0.1, 0.15) is 12.0 Å². The van der Waals surface area contributed by atoms with Crippen molar-refractivity contribution in [3.8, 4) is 0 Å². The van der Waals surface area contributed by atoms with Crippen LogP contribution in [0.25, 0.3) is 11.6 Å². The van der Waals surface area contributed by atoms with Crippen molar-refractivity contribution in [3.05, 3.63) is 53.6 Å². The van der Waals surface area contributed by atoms with Crippen LogP contribution >= 0.6 is 0 Å². The van der Waals surface area contributed by atoms with E-state index in [1.165, 1.54) is 5.56 Å². The maximum absolute atomic E-state index is 5.76. The summed E-state index contributed by atoms with van der Waals surface area (Å²) in [6, 6.07) is 4.22. The molecule has 3 rings (SSSR count). The molecule has 2 aromatic heterocycles. The second-order valence-electron chi connectivity index (χ2n) is 7.82. The average molecular weight is 395 g/mol. The van der Waals surface area contributed by atoms with E-state index >= 15 is 0 Å². The predicted molar refractivity (Wildman–Crippen MR) is 121 cm³/mol. The minimum atomic E-state index is -0.0588. The molecule has 2 aromatic rings. The molecule has 0 fully saturated rings. The van der Waals surface area contributed by atoms with Gasteiger partial charge < -0.3 is 25.7 Å². The Morgan fingerprint density at radius 2 is 2.24 bits per heavy atom. The third kappa shape index (κ3) is 4.35. The first-order chi connectivity index (χ1) is 13.9. The lowest BCUT2D eigenvalue weighted by atomic mass is 9.87. The van der Waals surface area contributed by atoms with E-state index in [-0.39, 0.29) is 11.6 Å². The lowest BCUT2D eigenvalue weighted by molar-refractivity contribution is 0.147. The van der Waals surface area contributed by atoms with E-state index < -0.39 is 0 Å². The van der Waals surface area contributed by atoms with Crippen molar-refractivity contribution >= 4 is 29.4 Å². The SMILES string of the molecule is CN=CC(=CN)c1cnc2c(c1)N(C)C(Nc1cc(C(C)(C)COC)c[nH]1)C=C2. The summed E-state index contributed by atoms with van der Waals surface area (Å²) in [5.41, 5.74) is 10.6. The lowest BCUT2D eigenvalue weighted by Gasteiger charge is -2.32. The average Bonchev–Trinajstić information content (AvgIpc) is 3.18. The monoisotopic (exact) mass is 394 g/mol. The smallest absolute Gasteiger partial charge is 0.120 e. The highest BCUT2D eigenvalue weighted by Gasteiger charge is 2.24. The first-order valence-electron chi connectivity index (χ1n) is 9.59. The zero-order valence-corrected chi connectivity index (χ0v) is 17.7. The molecule has 0 saturated heterocycles. The number of hydrogen-bond donors (Lipinski definition) is 3. The quantitative estimate of drug-likeness (QED) is 0.627. The Hall–Kier alpha value is -3.06. The van der Waals surface area contributed by atoms with Crippen molar-refractivity contribution < 1.29 is 4.74 Å². The lowest BCUT2D eigenvalue weighted by Crippen LogP contribution is -2.38. The first-order valence-corrected chi connectivity index (χ1v) is 9.59. The van der Waals surface area contributed by atoms with E-state index in [0.29, 0.717) is 6.61 Å². The van der Waals surface area contributed by atoms with E-state index in [9.17, 15) is 0 Å². The molecule has 0 amide bonds. The second kappa shape index (κ2) is 8.53. The van der Waals surface area contributed by atoms with E-state index in [0.717, 1.165) is 28.3 Å². The van der Waals surface area contributed by atoms with E-state index in [1.54, 1.807) is 26.6 Å². The molecule has 0 aliphatic carbocycles. The maximum atomic E-state index is 5.76. The normalized spacial score (nSPS) is 17.1. The summed E-state index contributed by atoms with van der Waals surface area (Å²) in [6.45, 7) is 5.00. The fraction of sp³-hybridized carbons (Fsp3) is 0.364. The fourth-order valence-electron chi connectivity index (χ4n) is 3.46. The molecule has 0 spiro atoms. The number of nitrogens with two attached hydrogens (primary N) is 1. The summed E-state index contributed by atoms with van der Waals surface area (Å²) in [5.74, 6) is 0.957. The van der Waals surface area contributed by atoms with Crippen LogP contribution in [0.15, 0.2) is 41.8 Å². The molecule has 1 aliphatic rings. The minimum Gasteiger partial charge on any atom is -0.404 e. The van der Waals surface area contributed by atoms with Crippen LogP contribution in [-0.2, 0) is 10.2 Å². The van der Waals surface area contributed by atoms with Gasteiger partial charge in [0.05, 0.1) is 18.0 Å². The molecular formula is C22H30N6O. The van der Waals surface area contributed by atoms with Crippen LogP contribution in [-0.4, -0.2) is 50.2 Å². The van der Waals surface area contributed by atoms with Crippen LogP contribution in [0.5, 0.6) is 0 Å². The zero-order valence-electron chi connectivity index (χ0n) is 17.7. The number of pyridine rings is 1. The number of aromatic amines is 1. The zero-order chi connectivity index (χ0) is 21.0. The predicted octanol–water partition coefficient (Wildman–Crippen LogP) is 3.24. The summed E-state index contributed by atoms with van der Waals surface area (Å²) >= 11 is 0. The van der Waals surface area contributed by atoms with Crippen molar-refractivity contribution in [2.45, 2.75) is 25.4 Å². The van der Waals surface area contributed by atoms with Gasteiger partial charge in [0.15, 0.2) is 0 Å². The Morgan fingerprint density at radius 3 is 2.93 bits per heavy atom. The molecule has 0 radical (unpaired) electrons. The first kappa shape index (κ1) is 20.7. The molecule has 3 heterocycles. The van der Waals surface area contributed by atoms with Gasteiger partial charge >= 0.3 is 0 Å². The number of hydrogen-bond acceptors (Lipinski definition) is 6. The van der Waals surface area contributed by atoms with Crippen molar-refractivity contribution in [2.24, 2.45) is 10.7 Å². The summed E-state index contributed by atoms with van der Waals surface area (Å²) in [7, 11) is 5.50. The molecule has 4 N–H and O–H groups in total.